The number of rotatable bonds is 11. The first-order valence-corrected chi connectivity index (χ1v) is 10.2. The van der Waals surface area contributed by atoms with Crippen LogP contribution in [0.5, 0.6) is 5.75 Å². The highest BCUT2D eigenvalue weighted by Gasteiger charge is 2.27. The van der Waals surface area contributed by atoms with E-state index in [2.05, 4.69) is 71.0 Å². The quantitative estimate of drug-likeness (QED) is 0.444. The minimum absolute atomic E-state index is 0.152. The monoisotopic (exact) mass is 384 g/mol. The van der Waals surface area contributed by atoms with Gasteiger partial charge in [-0.05, 0) is 40.5 Å². The van der Waals surface area contributed by atoms with E-state index in [9.17, 15) is 0 Å². The average molecular weight is 385 g/mol. The van der Waals surface area contributed by atoms with Crippen molar-refractivity contribution < 1.29 is 14.2 Å². The van der Waals surface area contributed by atoms with Gasteiger partial charge in [0.1, 0.15) is 12.4 Å². The molecule has 0 spiro atoms. The van der Waals surface area contributed by atoms with Crippen molar-refractivity contribution in [3.63, 3.8) is 0 Å². The zero-order valence-electron chi connectivity index (χ0n) is 18.2. The van der Waals surface area contributed by atoms with Crippen molar-refractivity contribution in [1.82, 2.24) is 0 Å². The van der Waals surface area contributed by atoms with Crippen LogP contribution in [0.2, 0.25) is 0 Å². The first-order chi connectivity index (χ1) is 13.3. The molecule has 3 nitrogen and oxygen atoms in total. The Morgan fingerprint density at radius 3 is 1.93 bits per heavy atom. The van der Waals surface area contributed by atoms with Gasteiger partial charge in [-0.1, -0.05) is 77.1 Å². The lowest BCUT2D eigenvalue weighted by Crippen LogP contribution is -2.24. The highest BCUT2D eigenvalue weighted by molar-refractivity contribution is 5.31. The summed E-state index contributed by atoms with van der Waals surface area (Å²) in [4.78, 5) is 0. The molecular formula is C25H36O3. The van der Waals surface area contributed by atoms with E-state index in [1.165, 1.54) is 11.1 Å². The van der Waals surface area contributed by atoms with Crippen molar-refractivity contribution in [3.8, 4) is 5.75 Å². The van der Waals surface area contributed by atoms with E-state index in [0.717, 1.165) is 12.2 Å². The molecule has 0 bridgehead atoms. The average Bonchev–Trinajstić information content (AvgIpc) is 2.63. The normalized spacial score (nSPS) is 12.2. The second-order valence-electron chi connectivity index (χ2n) is 9.14. The van der Waals surface area contributed by atoms with Crippen LogP contribution in [0, 0.1) is 5.41 Å². The van der Waals surface area contributed by atoms with Crippen molar-refractivity contribution in [2.24, 2.45) is 5.41 Å². The summed E-state index contributed by atoms with van der Waals surface area (Å²) in [6.45, 7) is 14.4. The number of hydrogen-bond donors (Lipinski definition) is 0. The Kier molecular flexibility index (Phi) is 8.53. The molecule has 0 fully saturated rings. The molecule has 154 valence electrons. The fourth-order valence-corrected chi connectivity index (χ4v) is 3.63. The smallest absolute Gasteiger partial charge is 0.119 e. The molecule has 0 heterocycles. The Labute approximate surface area is 171 Å². The van der Waals surface area contributed by atoms with Crippen molar-refractivity contribution in [2.45, 2.75) is 53.1 Å². The molecule has 2 aromatic carbocycles. The molecule has 28 heavy (non-hydrogen) atoms. The number of ether oxygens (including phenoxy) is 3. The molecule has 0 atom stereocenters. The Morgan fingerprint density at radius 2 is 1.29 bits per heavy atom. The van der Waals surface area contributed by atoms with Gasteiger partial charge in [-0.3, -0.25) is 0 Å². The van der Waals surface area contributed by atoms with Gasteiger partial charge in [0, 0.05) is 0 Å². The Hall–Kier alpha value is -1.84. The number of benzene rings is 2. The Balaban J connectivity index is 1.60. The van der Waals surface area contributed by atoms with Crippen molar-refractivity contribution >= 4 is 0 Å². The van der Waals surface area contributed by atoms with Gasteiger partial charge in [-0.15, -0.1) is 0 Å². The van der Waals surface area contributed by atoms with Crippen LogP contribution >= 0.6 is 0 Å². The molecule has 0 N–H and O–H groups in total. The first kappa shape index (κ1) is 22.4. The molecule has 0 radical (unpaired) electrons. The molecule has 0 aliphatic heterocycles. The third kappa shape index (κ3) is 8.45. The standard InChI is InChI=1S/C25H36O3/c1-24(2,3)20-25(4,5)22-11-13-23(14-12-22)28-18-17-26-15-16-27-19-21-9-7-6-8-10-21/h6-14H,15-20H2,1-5H3. The maximum Gasteiger partial charge on any atom is 0.119 e. The van der Waals surface area contributed by atoms with Crippen LogP contribution in [0.15, 0.2) is 54.6 Å². The summed E-state index contributed by atoms with van der Waals surface area (Å²) < 4.78 is 17.0. The predicted octanol–water partition coefficient (Wildman–Crippen LogP) is 6.01. The van der Waals surface area contributed by atoms with Gasteiger partial charge in [-0.2, -0.15) is 0 Å². The van der Waals surface area contributed by atoms with Gasteiger partial charge in [0.25, 0.3) is 0 Å². The highest BCUT2D eigenvalue weighted by Crippen LogP contribution is 2.36. The molecule has 2 aromatic rings. The second-order valence-corrected chi connectivity index (χ2v) is 9.14. The molecule has 0 aromatic heterocycles. The van der Waals surface area contributed by atoms with Crippen LogP contribution in [0.1, 0.15) is 52.2 Å². The molecular weight excluding hydrogens is 348 g/mol. The van der Waals surface area contributed by atoms with E-state index in [4.69, 9.17) is 14.2 Å². The maximum absolute atomic E-state index is 5.78. The van der Waals surface area contributed by atoms with E-state index < -0.39 is 0 Å². The second kappa shape index (κ2) is 10.6. The minimum atomic E-state index is 0.152. The first-order valence-electron chi connectivity index (χ1n) is 10.2. The third-order valence-electron chi connectivity index (χ3n) is 4.59. The molecule has 0 unspecified atom stereocenters. The summed E-state index contributed by atoms with van der Waals surface area (Å²) in [6.07, 6.45) is 1.14. The minimum Gasteiger partial charge on any atom is -0.491 e. The van der Waals surface area contributed by atoms with Gasteiger partial charge in [0.15, 0.2) is 0 Å². The SMILES string of the molecule is CC(C)(C)CC(C)(C)c1ccc(OCCOCCOCc2ccccc2)cc1. The van der Waals surface area contributed by atoms with E-state index in [1.807, 2.05) is 18.2 Å². The summed E-state index contributed by atoms with van der Waals surface area (Å²) in [6, 6.07) is 18.6. The summed E-state index contributed by atoms with van der Waals surface area (Å²) in [5.41, 5.74) is 2.99. The lowest BCUT2D eigenvalue weighted by molar-refractivity contribution is 0.0303. The molecule has 0 saturated heterocycles. The van der Waals surface area contributed by atoms with Crippen molar-refractivity contribution in [1.29, 1.82) is 0 Å². The van der Waals surface area contributed by atoms with Crippen LogP contribution in [0.25, 0.3) is 0 Å². The largest absolute Gasteiger partial charge is 0.491 e. The summed E-state index contributed by atoms with van der Waals surface area (Å²) in [7, 11) is 0. The van der Waals surface area contributed by atoms with Gasteiger partial charge in [-0.25, -0.2) is 0 Å². The van der Waals surface area contributed by atoms with Crippen molar-refractivity contribution in [2.75, 3.05) is 26.4 Å². The van der Waals surface area contributed by atoms with Crippen LogP contribution in [-0.2, 0) is 21.5 Å². The van der Waals surface area contributed by atoms with Crippen LogP contribution in [-0.4, -0.2) is 26.4 Å². The van der Waals surface area contributed by atoms with E-state index in [1.54, 1.807) is 0 Å². The van der Waals surface area contributed by atoms with Crippen molar-refractivity contribution in [3.05, 3.63) is 65.7 Å². The molecule has 3 heteroatoms. The Bertz CT molecular complexity index is 669. The molecule has 0 aliphatic carbocycles. The van der Waals surface area contributed by atoms with Crippen LogP contribution < -0.4 is 4.74 Å². The summed E-state index contributed by atoms with van der Waals surface area (Å²) >= 11 is 0. The molecule has 0 saturated carbocycles. The van der Waals surface area contributed by atoms with Crippen LogP contribution in [0.3, 0.4) is 0 Å². The Morgan fingerprint density at radius 1 is 0.679 bits per heavy atom. The van der Waals surface area contributed by atoms with Gasteiger partial charge in [0.2, 0.25) is 0 Å². The van der Waals surface area contributed by atoms with E-state index in [-0.39, 0.29) is 5.41 Å². The lowest BCUT2D eigenvalue weighted by atomic mass is 9.72. The predicted molar refractivity (Wildman–Crippen MR) is 116 cm³/mol. The highest BCUT2D eigenvalue weighted by atomic mass is 16.5. The molecule has 2 rings (SSSR count). The van der Waals surface area contributed by atoms with Gasteiger partial charge >= 0.3 is 0 Å². The zero-order chi connectivity index (χ0) is 20.5. The third-order valence-corrected chi connectivity index (χ3v) is 4.59. The summed E-state index contributed by atoms with van der Waals surface area (Å²) in [5, 5.41) is 0. The van der Waals surface area contributed by atoms with Gasteiger partial charge < -0.3 is 14.2 Å². The van der Waals surface area contributed by atoms with Gasteiger partial charge in [0.05, 0.1) is 26.4 Å². The van der Waals surface area contributed by atoms with E-state index in [0.29, 0.717) is 38.4 Å². The fraction of sp³-hybridized carbons (Fsp3) is 0.520. The van der Waals surface area contributed by atoms with E-state index >= 15 is 0 Å². The zero-order valence-corrected chi connectivity index (χ0v) is 18.2. The maximum atomic E-state index is 5.78. The fourth-order valence-electron chi connectivity index (χ4n) is 3.63. The molecule has 0 aliphatic rings. The lowest BCUT2D eigenvalue weighted by Gasteiger charge is -2.33. The topological polar surface area (TPSA) is 27.7 Å². The number of hydrogen-bond acceptors (Lipinski definition) is 3. The van der Waals surface area contributed by atoms with Crippen LogP contribution in [0.4, 0.5) is 0 Å². The molecule has 0 amide bonds. The summed E-state index contributed by atoms with van der Waals surface area (Å²) in [5.74, 6) is 0.888.